The molecule has 8 heteroatoms. The van der Waals surface area contributed by atoms with E-state index in [-0.39, 0.29) is 10.7 Å². The predicted octanol–water partition coefficient (Wildman–Crippen LogP) is 7.29. The van der Waals surface area contributed by atoms with Gasteiger partial charge in [-0.05, 0) is 47.6 Å². The van der Waals surface area contributed by atoms with E-state index < -0.39 is 18.9 Å². The number of nitriles is 1. The Morgan fingerprint density at radius 1 is 1.13 bits per heavy atom. The van der Waals surface area contributed by atoms with Gasteiger partial charge in [-0.3, -0.25) is 4.79 Å². The number of esters is 1. The van der Waals surface area contributed by atoms with Gasteiger partial charge in [0.25, 0.3) is 6.26 Å². The molecule has 0 spiro atoms. The molecule has 1 aliphatic carbocycles. The second kappa shape index (κ2) is 8.93. The normalized spacial score (nSPS) is 23.2. The molecule has 2 aromatic rings. The molecule has 0 heterocycles. The molecule has 0 bridgehead atoms. The highest BCUT2D eigenvalue weighted by Gasteiger charge is 2.79. The first-order valence-corrected chi connectivity index (χ1v) is 12.5. The third-order valence-electron chi connectivity index (χ3n) is 5.84. The second-order valence-corrected chi connectivity index (χ2v) is 15.8. The molecule has 3 rings (SSSR count). The maximum absolute atomic E-state index is 13.0. The van der Waals surface area contributed by atoms with E-state index in [1.807, 2.05) is 68.4 Å². The highest BCUT2D eigenvalue weighted by molar-refractivity contribution is 9.40. The van der Waals surface area contributed by atoms with Crippen LogP contribution in [0, 0.1) is 28.3 Å². The van der Waals surface area contributed by atoms with E-state index in [1.54, 1.807) is 6.26 Å². The van der Waals surface area contributed by atoms with Gasteiger partial charge in [0.15, 0.2) is 0 Å². The smallest absolute Gasteiger partial charge is 0.329 e. The van der Waals surface area contributed by atoms with Crippen LogP contribution in [0.5, 0.6) is 11.5 Å². The van der Waals surface area contributed by atoms with Crippen molar-refractivity contribution in [3.8, 4) is 17.8 Å². The fraction of sp³-hybridized carbons (Fsp3) is 0.364. The molecule has 0 radical (unpaired) electrons. The van der Waals surface area contributed by atoms with Crippen molar-refractivity contribution in [3.05, 3.63) is 60.2 Å². The molecule has 3 unspecified atom stereocenters. The molecule has 2 aromatic carbocycles. The summed E-state index contributed by atoms with van der Waals surface area (Å²) in [6.45, 7) is 4.04. The number of alkyl halides is 4. The van der Waals surface area contributed by atoms with Crippen LogP contribution in [0.4, 0.5) is 0 Å². The molecule has 0 amide bonds. The largest absolute Gasteiger partial charge is 0.457 e. The van der Waals surface area contributed by atoms with Crippen LogP contribution >= 0.6 is 63.7 Å². The zero-order valence-electron chi connectivity index (χ0n) is 16.2. The minimum Gasteiger partial charge on any atom is -0.457 e. The van der Waals surface area contributed by atoms with Crippen molar-refractivity contribution in [1.29, 1.82) is 5.26 Å². The molecular weight excluding hydrogens is 646 g/mol. The standard InChI is InChI=1S/C22H19Br4NO3/c1-20(2)17(18(23)22(24,25)26)21(20,19(28)29-13-27)12-14-7-6-10-16(11-14)30-15-8-4-3-5-9-15/h3-11,17-18H,12H2,1-2H3. The van der Waals surface area contributed by atoms with Crippen LogP contribution in [-0.2, 0) is 16.0 Å². The van der Waals surface area contributed by atoms with E-state index >= 15 is 0 Å². The van der Waals surface area contributed by atoms with Crippen molar-refractivity contribution < 1.29 is 14.3 Å². The molecule has 0 saturated heterocycles. The van der Waals surface area contributed by atoms with Crippen molar-refractivity contribution in [2.75, 3.05) is 0 Å². The Kier molecular flexibility index (Phi) is 7.08. The van der Waals surface area contributed by atoms with Crippen LogP contribution in [0.2, 0.25) is 0 Å². The van der Waals surface area contributed by atoms with E-state index in [0.717, 1.165) is 11.3 Å². The second-order valence-electron chi connectivity index (χ2n) is 7.83. The molecule has 3 atom stereocenters. The number of ether oxygens (including phenoxy) is 2. The van der Waals surface area contributed by atoms with Crippen LogP contribution in [-0.4, -0.2) is 12.9 Å². The maximum atomic E-state index is 13.0. The van der Waals surface area contributed by atoms with Crippen molar-refractivity contribution in [2.45, 2.75) is 27.2 Å². The first-order chi connectivity index (χ1) is 14.0. The SMILES string of the molecule is CC1(C)C(C(Br)C(Br)(Br)Br)C1(Cc1cccc(Oc2ccccc2)c1)C(=O)OC#N. The molecule has 1 saturated carbocycles. The quantitative estimate of drug-likeness (QED) is 0.185. The first kappa shape index (κ1) is 23.8. The zero-order valence-corrected chi connectivity index (χ0v) is 22.6. The molecule has 4 nitrogen and oxygen atoms in total. The van der Waals surface area contributed by atoms with Crippen LogP contribution < -0.4 is 4.74 Å². The van der Waals surface area contributed by atoms with Crippen LogP contribution in [0.25, 0.3) is 0 Å². The van der Waals surface area contributed by atoms with Gasteiger partial charge in [0.2, 0.25) is 0 Å². The summed E-state index contributed by atoms with van der Waals surface area (Å²) in [7, 11) is 0. The number of para-hydroxylation sites is 1. The van der Waals surface area contributed by atoms with Gasteiger partial charge in [-0.25, -0.2) is 0 Å². The Balaban J connectivity index is 1.93. The van der Waals surface area contributed by atoms with Gasteiger partial charge in [-0.15, -0.1) is 5.26 Å². The lowest BCUT2D eigenvalue weighted by Crippen LogP contribution is -2.30. The number of rotatable bonds is 6. The summed E-state index contributed by atoms with van der Waals surface area (Å²) in [4.78, 5) is 12.9. The van der Waals surface area contributed by atoms with Crippen molar-refractivity contribution in [2.24, 2.45) is 16.7 Å². The van der Waals surface area contributed by atoms with Gasteiger partial charge in [0.05, 0.1) is 10.2 Å². The molecule has 0 N–H and O–H groups in total. The van der Waals surface area contributed by atoms with Gasteiger partial charge < -0.3 is 9.47 Å². The monoisotopic (exact) mass is 661 g/mol. The third-order valence-corrected chi connectivity index (χ3v) is 10.4. The third kappa shape index (κ3) is 4.50. The number of hydrogen-bond donors (Lipinski definition) is 0. The average Bonchev–Trinajstić information content (AvgIpc) is 3.17. The van der Waals surface area contributed by atoms with Crippen LogP contribution in [0.1, 0.15) is 19.4 Å². The average molecular weight is 665 g/mol. The Hall–Kier alpha value is -0.880. The van der Waals surface area contributed by atoms with E-state index in [1.165, 1.54) is 0 Å². The van der Waals surface area contributed by atoms with Gasteiger partial charge in [0, 0.05) is 0 Å². The first-order valence-electron chi connectivity index (χ1n) is 9.17. The topological polar surface area (TPSA) is 59.3 Å². The Labute approximate surface area is 209 Å². The summed E-state index contributed by atoms with van der Waals surface area (Å²) in [5.74, 6) is 0.794. The molecule has 1 aliphatic rings. The number of carbonyl (C=O) groups excluding carboxylic acids is 1. The fourth-order valence-electron chi connectivity index (χ4n) is 4.30. The van der Waals surface area contributed by atoms with Crippen molar-refractivity contribution in [3.63, 3.8) is 0 Å². The number of hydrogen-bond acceptors (Lipinski definition) is 4. The number of carbonyl (C=O) groups is 1. The van der Waals surface area contributed by atoms with E-state index in [4.69, 9.17) is 14.7 Å². The van der Waals surface area contributed by atoms with Crippen molar-refractivity contribution >= 4 is 69.7 Å². The molecule has 0 aromatic heterocycles. The fourth-order valence-corrected chi connectivity index (χ4v) is 6.20. The highest BCUT2D eigenvalue weighted by atomic mass is 80.0. The molecule has 0 aliphatic heterocycles. The minimum absolute atomic E-state index is 0.109. The number of nitrogens with zero attached hydrogens (tertiary/aromatic N) is 1. The van der Waals surface area contributed by atoms with Crippen molar-refractivity contribution in [1.82, 2.24) is 0 Å². The Morgan fingerprint density at radius 3 is 2.37 bits per heavy atom. The summed E-state index contributed by atoms with van der Waals surface area (Å²) >= 11 is 14.4. The van der Waals surface area contributed by atoms with Gasteiger partial charge in [-0.1, -0.05) is 108 Å². The highest BCUT2D eigenvalue weighted by Crippen LogP contribution is 2.75. The predicted molar refractivity (Wildman–Crippen MR) is 130 cm³/mol. The summed E-state index contributed by atoms with van der Waals surface area (Å²) in [6, 6.07) is 17.2. The Morgan fingerprint density at radius 2 is 1.77 bits per heavy atom. The summed E-state index contributed by atoms with van der Waals surface area (Å²) in [5, 5.41) is 9.00. The lowest BCUT2D eigenvalue weighted by atomic mass is 9.88. The van der Waals surface area contributed by atoms with Crippen LogP contribution in [0.3, 0.4) is 0 Å². The molecule has 1 fully saturated rings. The van der Waals surface area contributed by atoms with Crippen LogP contribution in [0.15, 0.2) is 54.6 Å². The van der Waals surface area contributed by atoms with E-state index in [0.29, 0.717) is 12.2 Å². The lowest BCUT2D eigenvalue weighted by Gasteiger charge is -2.23. The minimum atomic E-state index is -0.872. The van der Waals surface area contributed by atoms with Gasteiger partial charge >= 0.3 is 5.97 Å². The number of benzene rings is 2. The summed E-state index contributed by atoms with van der Waals surface area (Å²) in [6.07, 6.45) is 1.97. The van der Waals surface area contributed by atoms with E-state index in [2.05, 4.69) is 63.7 Å². The summed E-state index contributed by atoms with van der Waals surface area (Å²) < 4.78 is 10.2. The molecular formula is C22H19Br4NO3. The van der Waals surface area contributed by atoms with Gasteiger partial charge in [-0.2, -0.15) is 0 Å². The van der Waals surface area contributed by atoms with Gasteiger partial charge in [0.1, 0.15) is 13.6 Å². The van der Waals surface area contributed by atoms with E-state index in [9.17, 15) is 4.79 Å². The molecule has 30 heavy (non-hydrogen) atoms. The summed E-state index contributed by atoms with van der Waals surface area (Å²) in [5.41, 5.74) is -0.354. The number of halogens is 4. The zero-order chi connectivity index (χ0) is 22.2. The Bertz CT molecular complexity index is 968. The maximum Gasteiger partial charge on any atom is 0.329 e. The molecule has 158 valence electrons. The lowest BCUT2D eigenvalue weighted by molar-refractivity contribution is -0.145.